The fourth-order valence-electron chi connectivity index (χ4n) is 2.59. The standard InChI is InChI=1S/C22H20FNO5/c1-2-15-5-3-4-6-19(15)24-21(25)14-28-22(26)20-12-11-18(29-20)13-27-17-9-7-16(23)8-10-17/h3-12H,2,13-14H2,1H3,(H,24,25). The molecule has 6 nitrogen and oxygen atoms in total. The number of furan rings is 1. The van der Waals surface area contributed by atoms with E-state index in [0.717, 1.165) is 12.0 Å². The van der Waals surface area contributed by atoms with Crippen LogP contribution in [0.15, 0.2) is 65.1 Å². The molecule has 0 aliphatic heterocycles. The van der Waals surface area contributed by atoms with Crippen molar-refractivity contribution in [2.45, 2.75) is 20.0 Å². The molecular weight excluding hydrogens is 377 g/mol. The SMILES string of the molecule is CCc1ccccc1NC(=O)COC(=O)c1ccc(COc2ccc(F)cc2)o1. The van der Waals surface area contributed by atoms with Crippen molar-refractivity contribution in [2.24, 2.45) is 0 Å². The molecule has 2 aromatic carbocycles. The molecule has 29 heavy (non-hydrogen) atoms. The van der Waals surface area contributed by atoms with Crippen LogP contribution in [0.1, 0.15) is 28.8 Å². The molecule has 1 heterocycles. The summed E-state index contributed by atoms with van der Waals surface area (Å²) >= 11 is 0. The Hall–Kier alpha value is -3.61. The van der Waals surface area contributed by atoms with Crippen LogP contribution in [0.4, 0.5) is 10.1 Å². The fraction of sp³-hybridized carbons (Fsp3) is 0.182. The van der Waals surface area contributed by atoms with Gasteiger partial charge in [-0.1, -0.05) is 25.1 Å². The van der Waals surface area contributed by atoms with Gasteiger partial charge in [-0.15, -0.1) is 0 Å². The number of hydrogen-bond donors (Lipinski definition) is 1. The van der Waals surface area contributed by atoms with E-state index in [1.807, 2.05) is 25.1 Å². The van der Waals surface area contributed by atoms with Crippen molar-refractivity contribution in [2.75, 3.05) is 11.9 Å². The maximum Gasteiger partial charge on any atom is 0.374 e. The molecule has 0 radical (unpaired) electrons. The second-order valence-corrected chi connectivity index (χ2v) is 6.14. The minimum atomic E-state index is -0.753. The van der Waals surface area contributed by atoms with Gasteiger partial charge in [-0.05, 0) is 54.4 Å². The Bertz CT molecular complexity index is 981. The van der Waals surface area contributed by atoms with E-state index in [9.17, 15) is 14.0 Å². The monoisotopic (exact) mass is 397 g/mol. The van der Waals surface area contributed by atoms with Crippen LogP contribution in [0.5, 0.6) is 5.75 Å². The third kappa shape index (κ3) is 5.68. The molecule has 0 saturated carbocycles. The average molecular weight is 397 g/mol. The summed E-state index contributed by atoms with van der Waals surface area (Å²) in [5.74, 6) is -0.728. The quantitative estimate of drug-likeness (QED) is 0.572. The number of benzene rings is 2. The highest BCUT2D eigenvalue weighted by Gasteiger charge is 2.15. The van der Waals surface area contributed by atoms with Crippen LogP contribution in [0, 0.1) is 5.82 Å². The molecule has 0 atom stereocenters. The topological polar surface area (TPSA) is 77.8 Å². The second-order valence-electron chi connectivity index (χ2n) is 6.14. The number of para-hydroxylation sites is 1. The van der Waals surface area contributed by atoms with E-state index in [-0.39, 0.29) is 18.2 Å². The first kappa shape index (κ1) is 20.1. The fourth-order valence-corrected chi connectivity index (χ4v) is 2.59. The molecule has 3 rings (SSSR count). The number of esters is 1. The number of hydrogen-bond acceptors (Lipinski definition) is 5. The number of amides is 1. The van der Waals surface area contributed by atoms with Gasteiger partial charge in [-0.2, -0.15) is 0 Å². The van der Waals surface area contributed by atoms with E-state index >= 15 is 0 Å². The van der Waals surface area contributed by atoms with Crippen LogP contribution < -0.4 is 10.1 Å². The molecule has 1 aromatic heterocycles. The Morgan fingerprint density at radius 2 is 1.79 bits per heavy atom. The van der Waals surface area contributed by atoms with Gasteiger partial charge in [0.05, 0.1) is 0 Å². The highest BCUT2D eigenvalue weighted by molar-refractivity contribution is 5.95. The zero-order valence-electron chi connectivity index (χ0n) is 15.8. The van der Waals surface area contributed by atoms with Crippen molar-refractivity contribution < 1.29 is 27.9 Å². The number of carbonyl (C=O) groups excluding carboxylic acids is 2. The van der Waals surface area contributed by atoms with Gasteiger partial charge in [0, 0.05) is 5.69 Å². The molecule has 0 spiro atoms. The summed E-state index contributed by atoms with van der Waals surface area (Å²) in [4.78, 5) is 24.1. The number of anilines is 1. The Kier molecular flexibility index (Phi) is 6.63. The third-order valence-electron chi connectivity index (χ3n) is 4.06. The summed E-state index contributed by atoms with van der Waals surface area (Å²) in [6.45, 7) is 1.62. The second kappa shape index (κ2) is 9.54. The van der Waals surface area contributed by atoms with Crippen molar-refractivity contribution >= 4 is 17.6 Å². The highest BCUT2D eigenvalue weighted by Crippen LogP contribution is 2.17. The van der Waals surface area contributed by atoms with Crippen LogP contribution in [-0.2, 0) is 22.6 Å². The van der Waals surface area contributed by atoms with Crippen LogP contribution in [0.25, 0.3) is 0 Å². The predicted octanol–water partition coefficient (Wildman–Crippen LogP) is 4.36. The minimum Gasteiger partial charge on any atom is -0.486 e. The van der Waals surface area contributed by atoms with Crippen molar-refractivity contribution in [3.63, 3.8) is 0 Å². The van der Waals surface area contributed by atoms with E-state index in [1.165, 1.54) is 30.3 Å². The summed E-state index contributed by atoms with van der Waals surface area (Å²) in [5, 5.41) is 2.72. The minimum absolute atomic E-state index is 0.0375. The predicted molar refractivity (Wildman–Crippen MR) is 104 cm³/mol. The van der Waals surface area contributed by atoms with E-state index < -0.39 is 18.5 Å². The van der Waals surface area contributed by atoms with Gasteiger partial charge in [0.15, 0.2) is 6.61 Å². The summed E-state index contributed by atoms with van der Waals surface area (Å²) in [7, 11) is 0. The normalized spacial score (nSPS) is 10.4. The Morgan fingerprint density at radius 1 is 1.03 bits per heavy atom. The summed E-state index contributed by atoms with van der Waals surface area (Å²) in [6.07, 6.45) is 0.769. The Morgan fingerprint density at radius 3 is 2.55 bits per heavy atom. The van der Waals surface area contributed by atoms with Gasteiger partial charge in [-0.25, -0.2) is 9.18 Å². The maximum atomic E-state index is 12.9. The van der Waals surface area contributed by atoms with E-state index in [2.05, 4.69) is 5.32 Å². The third-order valence-corrected chi connectivity index (χ3v) is 4.06. The molecule has 7 heteroatoms. The average Bonchev–Trinajstić information content (AvgIpc) is 3.21. The lowest BCUT2D eigenvalue weighted by Gasteiger charge is -2.09. The van der Waals surface area contributed by atoms with E-state index in [4.69, 9.17) is 13.9 Å². The van der Waals surface area contributed by atoms with Crippen molar-refractivity contribution in [1.82, 2.24) is 0 Å². The number of nitrogens with one attached hydrogen (secondary N) is 1. The lowest BCUT2D eigenvalue weighted by molar-refractivity contribution is -0.119. The highest BCUT2D eigenvalue weighted by atomic mass is 19.1. The zero-order chi connectivity index (χ0) is 20.6. The molecule has 0 aliphatic rings. The first-order valence-electron chi connectivity index (χ1n) is 9.07. The summed E-state index contributed by atoms with van der Waals surface area (Å²) < 4.78 is 28.7. The first-order valence-corrected chi connectivity index (χ1v) is 9.07. The van der Waals surface area contributed by atoms with Gasteiger partial charge >= 0.3 is 5.97 Å². The molecule has 0 fully saturated rings. The summed E-state index contributed by atoms with van der Waals surface area (Å²) in [5.41, 5.74) is 1.68. The van der Waals surface area contributed by atoms with Crippen LogP contribution in [0.3, 0.4) is 0 Å². The molecule has 0 bridgehead atoms. The molecule has 0 aliphatic carbocycles. The van der Waals surface area contributed by atoms with Gasteiger partial charge in [0.25, 0.3) is 5.91 Å². The molecule has 1 amide bonds. The number of aryl methyl sites for hydroxylation is 1. The van der Waals surface area contributed by atoms with Crippen LogP contribution in [0.2, 0.25) is 0 Å². The molecular formula is C22H20FNO5. The molecule has 3 aromatic rings. The van der Waals surface area contributed by atoms with Crippen LogP contribution >= 0.6 is 0 Å². The maximum absolute atomic E-state index is 12.9. The van der Waals surface area contributed by atoms with E-state index in [0.29, 0.717) is 17.2 Å². The Balaban J connectivity index is 1.48. The lowest BCUT2D eigenvalue weighted by Crippen LogP contribution is -2.21. The number of carbonyl (C=O) groups is 2. The molecule has 0 saturated heterocycles. The number of rotatable bonds is 8. The van der Waals surface area contributed by atoms with Gasteiger partial charge in [0.2, 0.25) is 5.76 Å². The molecule has 1 N–H and O–H groups in total. The smallest absolute Gasteiger partial charge is 0.374 e. The van der Waals surface area contributed by atoms with Gasteiger partial charge in [0.1, 0.15) is 23.9 Å². The summed E-state index contributed by atoms with van der Waals surface area (Å²) in [6, 6.07) is 16.0. The van der Waals surface area contributed by atoms with E-state index in [1.54, 1.807) is 12.1 Å². The molecule has 150 valence electrons. The Labute approximate surface area is 167 Å². The largest absolute Gasteiger partial charge is 0.486 e. The van der Waals surface area contributed by atoms with Crippen molar-refractivity contribution in [3.05, 3.63) is 83.6 Å². The van der Waals surface area contributed by atoms with Crippen molar-refractivity contribution in [3.8, 4) is 5.75 Å². The van der Waals surface area contributed by atoms with Crippen LogP contribution in [-0.4, -0.2) is 18.5 Å². The molecule has 0 unspecified atom stereocenters. The number of halogens is 1. The number of ether oxygens (including phenoxy) is 2. The zero-order valence-corrected chi connectivity index (χ0v) is 15.8. The lowest BCUT2D eigenvalue weighted by atomic mass is 10.1. The van der Waals surface area contributed by atoms with Crippen molar-refractivity contribution in [1.29, 1.82) is 0 Å². The van der Waals surface area contributed by atoms with Gasteiger partial charge in [-0.3, -0.25) is 4.79 Å². The first-order chi connectivity index (χ1) is 14.0. The van der Waals surface area contributed by atoms with Gasteiger partial charge < -0.3 is 19.2 Å².